The van der Waals surface area contributed by atoms with Gasteiger partial charge in [0.1, 0.15) is 0 Å². The zero-order valence-electron chi connectivity index (χ0n) is 10.3. The summed E-state index contributed by atoms with van der Waals surface area (Å²) < 4.78 is 0. The first kappa shape index (κ1) is 13.0. The van der Waals surface area contributed by atoms with Crippen molar-refractivity contribution < 1.29 is 9.90 Å². The predicted molar refractivity (Wildman–Crippen MR) is 76.9 cm³/mol. The van der Waals surface area contributed by atoms with Crippen LogP contribution in [-0.4, -0.2) is 16.8 Å². The van der Waals surface area contributed by atoms with Crippen LogP contribution in [-0.2, 0) is 10.5 Å². The summed E-state index contributed by atoms with van der Waals surface area (Å²) >= 11 is 1.68. The van der Waals surface area contributed by atoms with Crippen molar-refractivity contribution in [3.63, 3.8) is 0 Å². The maximum absolute atomic E-state index is 10.7. The van der Waals surface area contributed by atoms with Crippen molar-refractivity contribution in [1.29, 1.82) is 0 Å². The molecular weight excluding hydrogens is 244 g/mol. The third kappa shape index (κ3) is 3.05. The first-order valence-electron chi connectivity index (χ1n) is 5.95. The van der Waals surface area contributed by atoms with E-state index in [2.05, 4.69) is 30.3 Å². The lowest BCUT2D eigenvalue weighted by atomic mass is 10.1. The minimum absolute atomic E-state index is 0.287. The molecule has 0 amide bonds. The number of hydrogen-bond acceptors (Lipinski definition) is 2. The quantitative estimate of drug-likeness (QED) is 0.888. The van der Waals surface area contributed by atoms with Gasteiger partial charge < -0.3 is 5.11 Å². The van der Waals surface area contributed by atoms with E-state index >= 15 is 0 Å². The molecule has 0 saturated heterocycles. The normalized spacial score (nSPS) is 12.5. The highest BCUT2D eigenvalue weighted by Gasteiger charge is 2.10. The van der Waals surface area contributed by atoms with E-state index in [4.69, 9.17) is 5.11 Å². The first-order valence-corrected chi connectivity index (χ1v) is 7.11. The molecule has 0 aliphatic carbocycles. The van der Waals surface area contributed by atoms with Crippen molar-refractivity contribution in [1.82, 2.24) is 0 Å². The lowest BCUT2D eigenvalue weighted by Crippen LogP contribution is -2.11. The van der Waals surface area contributed by atoms with Crippen LogP contribution in [0.2, 0.25) is 0 Å². The Morgan fingerprint density at radius 1 is 1.22 bits per heavy atom. The van der Waals surface area contributed by atoms with Gasteiger partial charge in [-0.25, -0.2) is 0 Å². The van der Waals surface area contributed by atoms with Crippen LogP contribution in [0.15, 0.2) is 42.5 Å². The summed E-state index contributed by atoms with van der Waals surface area (Å²) in [5.74, 6) is 0.503. The van der Waals surface area contributed by atoms with Crippen LogP contribution in [0.25, 0.3) is 10.8 Å². The van der Waals surface area contributed by atoms with Gasteiger partial charge in [0, 0.05) is 11.5 Å². The summed E-state index contributed by atoms with van der Waals surface area (Å²) in [6, 6.07) is 14.6. The summed E-state index contributed by atoms with van der Waals surface area (Å²) in [5, 5.41) is 11.3. The Morgan fingerprint density at radius 3 is 2.72 bits per heavy atom. The number of benzene rings is 2. The zero-order chi connectivity index (χ0) is 13.0. The van der Waals surface area contributed by atoms with Crippen molar-refractivity contribution in [2.45, 2.75) is 12.7 Å². The van der Waals surface area contributed by atoms with Crippen LogP contribution < -0.4 is 0 Å². The Hall–Kier alpha value is -1.48. The Morgan fingerprint density at radius 2 is 1.94 bits per heavy atom. The summed E-state index contributed by atoms with van der Waals surface area (Å²) in [4.78, 5) is 10.7. The van der Waals surface area contributed by atoms with E-state index in [9.17, 15) is 4.79 Å². The maximum atomic E-state index is 10.7. The molecule has 2 aromatic rings. The lowest BCUT2D eigenvalue weighted by Gasteiger charge is -2.08. The van der Waals surface area contributed by atoms with E-state index in [0.29, 0.717) is 5.75 Å². The third-order valence-electron chi connectivity index (χ3n) is 2.93. The highest BCUT2D eigenvalue weighted by atomic mass is 32.2. The largest absolute Gasteiger partial charge is 0.481 e. The molecule has 18 heavy (non-hydrogen) atoms. The van der Waals surface area contributed by atoms with Crippen molar-refractivity contribution in [3.05, 3.63) is 48.0 Å². The average molecular weight is 260 g/mol. The van der Waals surface area contributed by atoms with Gasteiger partial charge in [0.15, 0.2) is 0 Å². The summed E-state index contributed by atoms with van der Waals surface area (Å²) in [5.41, 5.74) is 1.27. The van der Waals surface area contributed by atoms with Gasteiger partial charge >= 0.3 is 5.97 Å². The highest BCUT2D eigenvalue weighted by molar-refractivity contribution is 7.98. The van der Waals surface area contributed by atoms with Crippen molar-refractivity contribution in [2.24, 2.45) is 5.92 Å². The van der Waals surface area contributed by atoms with E-state index in [0.717, 1.165) is 5.75 Å². The number of carboxylic acid groups (broad SMARTS) is 1. The van der Waals surface area contributed by atoms with Gasteiger partial charge in [0.25, 0.3) is 0 Å². The molecule has 2 aromatic carbocycles. The average Bonchev–Trinajstić information content (AvgIpc) is 2.38. The van der Waals surface area contributed by atoms with Crippen molar-refractivity contribution >= 4 is 28.5 Å². The van der Waals surface area contributed by atoms with E-state index in [1.54, 1.807) is 18.7 Å². The first-order chi connectivity index (χ1) is 8.68. The van der Waals surface area contributed by atoms with E-state index in [-0.39, 0.29) is 5.92 Å². The molecule has 0 heterocycles. The van der Waals surface area contributed by atoms with Crippen LogP contribution in [0.3, 0.4) is 0 Å². The van der Waals surface area contributed by atoms with Crippen LogP contribution >= 0.6 is 11.8 Å². The fourth-order valence-electron chi connectivity index (χ4n) is 1.84. The molecule has 0 aromatic heterocycles. The van der Waals surface area contributed by atoms with Crippen LogP contribution in [0.4, 0.5) is 0 Å². The van der Waals surface area contributed by atoms with Crippen LogP contribution in [0, 0.1) is 5.92 Å². The number of rotatable bonds is 5. The lowest BCUT2D eigenvalue weighted by molar-refractivity contribution is -0.140. The number of carbonyl (C=O) groups is 1. The third-order valence-corrected chi connectivity index (χ3v) is 4.18. The molecule has 94 valence electrons. The SMILES string of the molecule is CC(CSCc1cccc2ccccc12)C(=O)O. The van der Waals surface area contributed by atoms with Crippen LogP contribution in [0.1, 0.15) is 12.5 Å². The fourth-order valence-corrected chi connectivity index (χ4v) is 2.92. The predicted octanol–water partition coefficient (Wildman–Crippen LogP) is 3.79. The molecule has 1 atom stereocenters. The van der Waals surface area contributed by atoms with E-state index in [1.165, 1.54) is 16.3 Å². The second-order valence-corrected chi connectivity index (χ2v) is 5.42. The molecule has 1 N–H and O–H groups in total. The molecule has 0 aliphatic heterocycles. The van der Waals surface area contributed by atoms with Gasteiger partial charge in [-0.1, -0.05) is 49.4 Å². The molecule has 0 spiro atoms. The minimum Gasteiger partial charge on any atom is -0.481 e. The number of carboxylic acids is 1. The molecule has 0 aliphatic rings. The molecule has 0 saturated carbocycles. The molecule has 0 fully saturated rings. The molecule has 2 nitrogen and oxygen atoms in total. The van der Waals surface area contributed by atoms with Crippen molar-refractivity contribution in [2.75, 3.05) is 5.75 Å². The topological polar surface area (TPSA) is 37.3 Å². The molecule has 3 heteroatoms. The second kappa shape index (κ2) is 5.91. The van der Waals surface area contributed by atoms with Gasteiger partial charge in [-0.3, -0.25) is 4.79 Å². The van der Waals surface area contributed by atoms with E-state index < -0.39 is 5.97 Å². The summed E-state index contributed by atoms with van der Waals surface area (Å²) in [7, 11) is 0. The van der Waals surface area contributed by atoms with Gasteiger partial charge in [-0.2, -0.15) is 11.8 Å². The van der Waals surface area contributed by atoms with E-state index in [1.807, 2.05) is 12.1 Å². The molecule has 0 bridgehead atoms. The Balaban J connectivity index is 2.06. The van der Waals surface area contributed by atoms with Gasteiger partial charge in [-0.15, -0.1) is 0 Å². The maximum Gasteiger partial charge on any atom is 0.307 e. The standard InChI is InChI=1S/C15H16O2S/c1-11(15(16)17)9-18-10-13-7-4-6-12-5-2-3-8-14(12)13/h2-8,11H,9-10H2,1H3,(H,16,17). The van der Waals surface area contributed by atoms with Gasteiger partial charge in [0.2, 0.25) is 0 Å². The fraction of sp³-hybridized carbons (Fsp3) is 0.267. The zero-order valence-corrected chi connectivity index (χ0v) is 11.1. The molecular formula is C15H16O2S. The minimum atomic E-state index is -0.722. The monoisotopic (exact) mass is 260 g/mol. The molecule has 1 unspecified atom stereocenters. The summed E-state index contributed by atoms with van der Waals surface area (Å²) in [6.07, 6.45) is 0. The number of fused-ring (bicyclic) bond motifs is 1. The number of thioether (sulfide) groups is 1. The Kier molecular flexibility index (Phi) is 4.26. The van der Waals surface area contributed by atoms with Gasteiger partial charge in [0.05, 0.1) is 5.92 Å². The Bertz CT molecular complexity index is 546. The van der Waals surface area contributed by atoms with Crippen molar-refractivity contribution in [3.8, 4) is 0 Å². The second-order valence-electron chi connectivity index (χ2n) is 4.39. The molecule has 2 rings (SSSR count). The smallest absolute Gasteiger partial charge is 0.307 e. The van der Waals surface area contributed by atoms with Gasteiger partial charge in [-0.05, 0) is 16.3 Å². The summed E-state index contributed by atoms with van der Waals surface area (Å²) in [6.45, 7) is 1.75. The number of aliphatic carboxylic acids is 1. The van der Waals surface area contributed by atoms with Crippen LogP contribution in [0.5, 0.6) is 0 Å². The Labute approximate surface area is 111 Å². The highest BCUT2D eigenvalue weighted by Crippen LogP contribution is 2.23. The number of hydrogen-bond donors (Lipinski definition) is 1. The molecule has 0 radical (unpaired) electrons.